The second kappa shape index (κ2) is 7.15. The van der Waals surface area contributed by atoms with Crippen LogP contribution in [-0.2, 0) is 13.5 Å². The predicted octanol–water partition coefficient (Wildman–Crippen LogP) is -0.823. The number of aromatic carboxylic acids is 1. The summed E-state index contributed by atoms with van der Waals surface area (Å²) in [5, 5.41) is 44.2. The van der Waals surface area contributed by atoms with E-state index in [4.69, 9.17) is 5.11 Å². The number of carbonyl (C=O) groups is 2. The molecule has 1 aromatic carbocycles. The van der Waals surface area contributed by atoms with E-state index in [2.05, 4.69) is 10.4 Å². The molecule has 1 heterocycles. The maximum Gasteiger partial charge on any atom is 0.475 e. The van der Waals surface area contributed by atoms with Gasteiger partial charge in [0.25, 0.3) is 5.91 Å². The van der Waals surface area contributed by atoms with Crippen LogP contribution < -0.4 is 5.32 Å². The minimum Gasteiger partial charge on any atom is -0.507 e. The molecule has 1 amide bonds. The van der Waals surface area contributed by atoms with Crippen LogP contribution in [0, 0.1) is 0 Å². The van der Waals surface area contributed by atoms with Crippen molar-refractivity contribution in [2.45, 2.75) is 12.4 Å². The van der Waals surface area contributed by atoms with Crippen molar-refractivity contribution in [3.8, 4) is 5.75 Å². The standard InChI is InChI=1S/C14H16BN3O6/c1-18-6-5-10(17-18)13(20)16-11(15(23)24)7-8-3-2-4-9(12(8)19)14(21)22/h2-6,11,19,23-24H,7H2,1H3,(H,16,20)(H,21,22). The van der Waals surface area contributed by atoms with Crippen LogP contribution in [0.15, 0.2) is 30.5 Å². The fourth-order valence-electron chi connectivity index (χ4n) is 2.18. The minimum absolute atomic E-state index is 0.0895. The average Bonchev–Trinajstić information content (AvgIpc) is 2.94. The smallest absolute Gasteiger partial charge is 0.475 e. The Balaban J connectivity index is 2.19. The number of hydrogen-bond acceptors (Lipinski definition) is 6. The number of phenols is 1. The first-order valence-corrected chi connectivity index (χ1v) is 7.00. The molecular weight excluding hydrogens is 317 g/mol. The molecule has 1 unspecified atom stereocenters. The molecule has 10 heteroatoms. The van der Waals surface area contributed by atoms with E-state index in [0.29, 0.717) is 0 Å². The van der Waals surface area contributed by atoms with Gasteiger partial charge in [0.2, 0.25) is 0 Å². The first kappa shape index (κ1) is 17.5. The summed E-state index contributed by atoms with van der Waals surface area (Å²) in [5.74, 6) is -3.58. The Morgan fingerprint density at radius 2 is 2.04 bits per heavy atom. The number of rotatable bonds is 6. The second-order valence-electron chi connectivity index (χ2n) is 5.19. The summed E-state index contributed by atoms with van der Waals surface area (Å²) in [7, 11) is -0.282. The van der Waals surface area contributed by atoms with Gasteiger partial charge in [-0.3, -0.25) is 9.48 Å². The van der Waals surface area contributed by atoms with Crippen molar-refractivity contribution in [1.29, 1.82) is 0 Å². The SMILES string of the molecule is Cn1ccc(C(=O)NC(Cc2cccc(C(=O)O)c2O)B(O)O)n1. The number of aryl methyl sites for hydroxylation is 1. The molecule has 0 aliphatic heterocycles. The Bertz CT molecular complexity index is 761. The van der Waals surface area contributed by atoms with Gasteiger partial charge in [-0.25, -0.2) is 4.79 Å². The summed E-state index contributed by atoms with van der Waals surface area (Å²) in [6.07, 6.45) is 1.38. The molecule has 2 rings (SSSR count). The van der Waals surface area contributed by atoms with Gasteiger partial charge < -0.3 is 25.6 Å². The number of aromatic nitrogens is 2. The number of hydrogen-bond donors (Lipinski definition) is 5. The zero-order valence-electron chi connectivity index (χ0n) is 12.7. The Labute approximate surface area is 137 Å². The van der Waals surface area contributed by atoms with Gasteiger partial charge in [0.1, 0.15) is 17.0 Å². The molecule has 2 aromatic rings. The molecule has 9 nitrogen and oxygen atoms in total. The summed E-state index contributed by atoms with van der Waals surface area (Å²) in [5.41, 5.74) is -0.0595. The third kappa shape index (κ3) is 3.92. The molecule has 0 aliphatic rings. The number of carboxylic acid groups (broad SMARTS) is 1. The molecule has 5 N–H and O–H groups in total. The summed E-state index contributed by atoms with van der Waals surface area (Å²) < 4.78 is 1.42. The molecule has 0 saturated carbocycles. The van der Waals surface area contributed by atoms with Crippen LogP contribution in [0.1, 0.15) is 26.4 Å². The van der Waals surface area contributed by atoms with Crippen molar-refractivity contribution < 1.29 is 29.9 Å². The van der Waals surface area contributed by atoms with E-state index in [0.717, 1.165) is 0 Å². The Kier molecular flexibility index (Phi) is 5.22. The van der Waals surface area contributed by atoms with Crippen LogP contribution >= 0.6 is 0 Å². The molecule has 0 bridgehead atoms. The first-order chi connectivity index (χ1) is 11.3. The molecule has 1 aromatic heterocycles. The molecular formula is C14H16BN3O6. The number of nitrogens with one attached hydrogen (secondary N) is 1. The lowest BCUT2D eigenvalue weighted by atomic mass is 9.75. The highest BCUT2D eigenvalue weighted by molar-refractivity contribution is 6.43. The van der Waals surface area contributed by atoms with Crippen LogP contribution in [0.4, 0.5) is 0 Å². The summed E-state index contributed by atoms with van der Waals surface area (Å²) in [6.45, 7) is 0. The van der Waals surface area contributed by atoms with Crippen LogP contribution in [0.25, 0.3) is 0 Å². The van der Waals surface area contributed by atoms with Crippen LogP contribution in [0.3, 0.4) is 0 Å². The average molecular weight is 333 g/mol. The van der Waals surface area contributed by atoms with Crippen molar-refractivity contribution in [2.75, 3.05) is 0 Å². The van der Waals surface area contributed by atoms with Gasteiger partial charge in [0.05, 0.1) is 5.94 Å². The topological polar surface area (TPSA) is 145 Å². The van der Waals surface area contributed by atoms with Gasteiger partial charge in [-0.05, 0) is 24.1 Å². The third-order valence-corrected chi connectivity index (χ3v) is 3.41. The van der Waals surface area contributed by atoms with Crippen molar-refractivity contribution in [1.82, 2.24) is 15.1 Å². The van der Waals surface area contributed by atoms with Gasteiger partial charge in [0.15, 0.2) is 0 Å². The van der Waals surface area contributed by atoms with E-state index in [1.165, 1.54) is 28.9 Å². The summed E-state index contributed by atoms with van der Waals surface area (Å²) in [4.78, 5) is 23.1. The van der Waals surface area contributed by atoms with Crippen molar-refractivity contribution in [3.63, 3.8) is 0 Å². The number of amides is 1. The highest BCUT2D eigenvalue weighted by Gasteiger charge is 2.28. The van der Waals surface area contributed by atoms with E-state index in [1.54, 1.807) is 13.2 Å². The zero-order chi connectivity index (χ0) is 17.9. The van der Waals surface area contributed by atoms with E-state index in [-0.39, 0.29) is 23.2 Å². The van der Waals surface area contributed by atoms with E-state index in [9.17, 15) is 24.7 Å². The number of carbonyl (C=O) groups excluding carboxylic acids is 1. The third-order valence-electron chi connectivity index (χ3n) is 3.41. The molecule has 0 aliphatic carbocycles. The monoisotopic (exact) mass is 333 g/mol. The fraction of sp³-hybridized carbons (Fsp3) is 0.214. The van der Waals surface area contributed by atoms with E-state index < -0.39 is 30.7 Å². The second-order valence-corrected chi connectivity index (χ2v) is 5.19. The Morgan fingerprint density at radius 3 is 2.58 bits per heavy atom. The largest absolute Gasteiger partial charge is 0.507 e. The molecule has 126 valence electrons. The van der Waals surface area contributed by atoms with Crippen molar-refractivity contribution in [3.05, 3.63) is 47.3 Å². The molecule has 1 atom stereocenters. The first-order valence-electron chi connectivity index (χ1n) is 7.00. The number of aromatic hydroxyl groups is 1. The lowest BCUT2D eigenvalue weighted by molar-refractivity contribution is 0.0693. The lowest BCUT2D eigenvalue weighted by Gasteiger charge is -2.18. The van der Waals surface area contributed by atoms with E-state index in [1.807, 2.05) is 0 Å². The number of benzene rings is 1. The lowest BCUT2D eigenvalue weighted by Crippen LogP contribution is -2.48. The van der Waals surface area contributed by atoms with Crippen LogP contribution in [-0.4, -0.2) is 55.0 Å². The van der Waals surface area contributed by atoms with Gasteiger partial charge >= 0.3 is 13.1 Å². The fourth-order valence-corrected chi connectivity index (χ4v) is 2.18. The van der Waals surface area contributed by atoms with Gasteiger partial charge in [-0.2, -0.15) is 5.10 Å². The highest BCUT2D eigenvalue weighted by Crippen LogP contribution is 2.24. The summed E-state index contributed by atoms with van der Waals surface area (Å²) in [6, 6.07) is 5.53. The maximum atomic E-state index is 12.1. The predicted molar refractivity (Wildman–Crippen MR) is 83.4 cm³/mol. The number of nitrogens with zero attached hydrogens (tertiary/aromatic N) is 2. The Hall–Kier alpha value is -2.85. The molecule has 0 fully saturated rings. The Morgan fingerprint density at radius 1 is 1.33 bits per heavy atom. The number of carboxylic acids is 1. The minimum atomic E-state index is -1.91. The normalized spacial score (nSPS) is 11.8. The molecule has 24 heavy (non-hydrogen) atoms. The van der Waals surface area contributed by atoms with Crippen molar-refractivity contribution in [2.24, 2.45) is 7.05 Å². The molecule has 0 spiro atoms. The zero-order valence-corrected chi connectivity index (χ0v) is 12.7. The molecule has 0 radical (unpaired) electrons. The number of para-hydroxylation sites is 1. The molecule has 0 saturated heterocycles. The van der Waals surface area contributed by atoms with Gasteiger partial charge in [-0.1, -0.05) is 12.1 Å². The van der Waals surface area contributed by atoms with Crippen molar-refractivity contribution >= 4 is 19.0 Å². The van der Waals surface area contributed by atoms with Gasteiger partial charge in [-0.15, -0.1) is 0 Å². The maximum absolute atomic E-state index is 12.1. The van der Waals surface area contributed by atoms with E-state index >= 15 is 0 Å². The van der Waals surface area contributed by atoms with Crippen LogP contribution in [0.2, 0.25) is 0 Å². The van der Waals surface area contributed by atoms with Gasteiger partial charge in [0, 0.05) is 13.2 Å². The van der Waals surface area contributed by atoms with Crippen LogP contribution in [0.5, 0.6) is 5.75 Å². The summed E-state index contributed by atoms with van der Waals surface area (Å²) >= 11 is 0. The highest BCUT2D eigenvalue weighted by atomic mass is 16.4. The quantitative estimate of drug-likeness (QED) is 0.434.